The molecule has 2 heterocycles. The van der Waals surface area contributed by atoms with E-state index in [1.165, 1.54) is 16.5 Å². The van der Waals surface area contributed by atoms with Crippen molar-refractivity contribution in [3.05, 3.63) is 71.4 Å². The van der Waals surface area contributed by atoms with Gasteiger partial charge in [0.1, 0.15) is 11.5 Å². The molecule has 1 N–H and O–H groups in total. The minimum atomic E-state index is 0.197. The summed E-state index contributed by atoms with van der Waals surface area (Å²) < 4.78 is 10.6. The number of hydrogen-bond acceptors (Lipinski definition) is 4. The summed E-state index contributed by atoms with van der Waals surface area (Å²) in [6, 6.07) is 13.5. The molecule has 0 radical (unpaired) electrons. The van der Waals surface area contributed by atoms with E-state index in [9.17, 15) is 4.79 Å². The molecule has 4 rings (SSSR count). The zero-order valence-electron chi connectivity index (χ0n) is 18.3. The molecule has 2 aromatic carbocycles. The third-order valence-electron chi connectivity index (χ3n) is 5.99. The lowest BCUT2D eigenvalue weighted by Gasteiger charge is -2.27. The molecule has 3 aromatic rings. The van der Waals surface area contributed by atoms with Crippen molar-refractivity contribution in [2.75, 3.05) is 33.9 Å². The molecule has 1 aliphatic heterocycles. The number of aromatic amines is 1. The maximum absolute atomic E-state index is 12.5. The number of rotatable bonds is 9. The Hall–Kier alpha value is -3.05. The Kier molecular flexibility index (Phi) is 6.73. The third kappa shape index (κ3) is 5.17. The maximum Gasteiger partial charge on any atom is 0.162 e. The number of ketones is 1. The SMILES string of the molecule is COc1ccc(C(=O)CCCN2CCC=C(Cc3c[nH]c4ccc(OC)cc34)C2)cc1. The van der Waals surface area contributed by atoms with Gasteiger partial charge in [-0.25, -0.2) is 0 Å². The number of nitrogens with one attached hydrogen (secondary N) is 1. The Morgan fingerprint density at radius 1 is 1.06 bits per heavy atom. The summed E-state index contributed by atoms with van der Waals surface area (Å²) in [5, 5.41) is 1.22. The average molecular weight is 419 g/mol. The van der Waals surface area contributed by atoms with Crippen molar-refractivity contribution in [1.82, 2.24) is 9.88 Å². The van der Waals surface area contributed by atoms with Crippen LogP contribution in [0.15, 0.2) is 60.3 Å². The molecule has 1 aliphatic rings. The van der Waals surface area contributed by atoms with E-state index < -0.39 is 0 Å². The number of Topliss-reactive ketones (excluding diaryl/α,β-unsaturated/α-hetero) is 1. The van der Waals surface area contributed by atoms with Gasteiger partial charge in [0, 0.05) is 42.2 Å². The fourth-order valence-electron chi connectivity index (χ4n) is 4.26. The standard InChI is InChI=1S/C26H30N2O3/c1-30-22-9-7-20(8-10-22)26(29)6-4-14-28-13-3-5-19(18-28)15-21-17-27-25-12-11-23(31-2)16-24(21)25/h5,7-12,16-17,27H,3-4,6,13-15,18H2,1-2H3. The van der Waals surface area contributed by atoms with Crippen molar-refractivity contribution in [2.24, 2.45) is 0 Å². The van der Waals surface area contributed by atoms with Crippen molar-refractivity contribution in [2.45, 2.75) is 25.7 Å². The first-order valence-electron chi connectivity index (χ1n) is 10.9. The maximum atomic E-state index is 12.5. The summed E-state index contributed by atoms with van der Waals surface area (Å²) in [6.07, 6.45) is 7.93. The summed E-state index contributed by atoms with van der Waals surface area (Å²) in [6.45, 7) is 2.97. The van der Waals surface area contributed by atoms with Crippen molar-refractivity contribution in [1.29, 1.82) is 0 Å². The molecule has 0 saturated heterocycles. The zero-order valence-corrected chi connectivity index (χ0v) is 18.3. The van der Waals surface area contributed by atoms with Crippen molar-refractivity contribution in [3.63, 3.8) is 0 Å². The fraction of sp³-hybridized carbons (Fsp3) is 0.346. The summed E-state index contributed by atoms with van der Waals surface area (Å²) in [5.41, 5.74) is 4.64. The quantitative estimate of drug-likeness (QED) is 0.391. The summed E-state index contributed by atoms with van der Waals surface area (Å²) in [7, 11) is 3.34. The van der Waals surface area contributed by atoms with Gasteiger partial charge in [0.25, 0.3) is 0 Å². The fourth-order valence-corrected chi connectivity index (χ4v) is 4.26. The van der Waals surface area contributed by atoms with Gasteiger partial charge in [-0.3, -0.25) is 9.69 Å². The predicted molar refractivity (Wildman–Crippen MR) is 124 cm³/mol. The molecule has 1 aromatic heterocycles. The monoisotopic (exact) mass is 418 g/mol. The van der Waals surface area contributed by atoms with Gasteiger partial charge in [-0.1, -0.05) is 11.6 Å². The number of H-pyrrole nitrogens is 1. The van der Waals surface area contributed by atoms with Crippen LogP contribution in [0, 0.1) is 0 Å². The second-order valence-corrected chi connectivity index (χ2v) is 8.08. The van der Waals surface area contributed by atoms with Crippen LogP contribution in [-0.4, -0.2) is 49.5 Å². The number of fused-ring (bicyclic) bond motifs is 1. The Morgan fingerprint density at radius 3 is 2.61 bits per heavy atom. The Balaban J connectivity index is 1.29. The summed E-state index contributed by atoms with van der Waals surface area (Å²) in [4.78, 5) is 18.3. The van der Waals surface area contributed by atoms with E-state index in [0.717, 1.165) is 61.5 Å². The molecule has 162 valence electrons. The molecule has 0 spiro atoms. The number of carbonyl (C=O) groups excluding carboxylic acids is 1. The molecule has 0 amide bonds. The van der Waals surface area contributed by atoms with Gasteiger partial charge in [0.05, 0.1) is 14.2 Å². The summed E-state index contributed by atoms with van der Waals surface area (Å²) in [5.74, 6) is 1.86. The topological polar surface area (TPSA) is 54.6 Å². The van der Waals surface area contributed by atoms with E-state index in [4.69, 9.17) is 9.47 Å². The van der Waals surface area contributed by atoms with Crippen molar-refractivity contribution < 1.29 is 14.3 Å². The van der Waals surface area contributed by atoms with Gasteiger partial charge in [-0.05, 0) is 73.8 Å². The normalized spacial score (nSPS) is 14.5. The number of hydrogen-bond donors (Lipinski definition) is 1. The van der Waals surface area contributed by atoms with Gasteiger partial charge in [-0.15, -0.1) is 0 Å². The first-order chi connectivity index (χ1) is 15.2. The molecule has 0 aliphatic carbocycles. The molecule has 5 heteroatoms. The lowest BCUT2D eigenvalue weighted by Crippen LogP contribution is -2.31. The lowest BCUT2D eigenvalue weighted by atomic mass is 10.00. The average Bonchev–Trinajstić information content (AvgIpc) is 3.21. The molecule has 0 fully saturated rings. The van der Waals surface area contributed by atoms with Crippen LogP contribution >= 0.6 is 0 Å². The van der Waals surface area contributed by atoms with Crippen LogP contribution in [0.1, 0.15) is 35.2 Å². The van der Waals surface area contributed by atoms with Gasteiger partial charge in [0.2, 0.25) is 0 Å². The Bertz CT molecular complexity index is 1070. The highest BCUT2D eigenvalue weighted by molar-refractivity contribution is 5.96. The number of nitrogens with zero attached hydrogens (tertiary/aromatic N) is 1. The van der Waals surface area contributed by atoms with Crippen LogP contribution in [0.3, 0.4) is 0 Å². The van der Waals surface area contributed by atoms with E-state index in [0.29, 0.717) is 6.42 Å². The highest BCUT2D eigenvalue weighted by Crippen LogP contribution is 2.26. The smallest absolute Gasteiger partial charge is 0.162 e. The van der Waals surface area contributed by atoms with Crippen LogP contribution in [0.5, 0.6) is 11.5 Å². The molecule has 31 heavy (non-hydrogen) atoms. The predicted octanol–water partition coefficient (Wildman–Crippen LogP) is 5.02. The van der Waals surface area contributed by atoms with Crippen LogP contribution in [0.25, 0.3) is 10.9 Å². The van der Waals surface area contributed by atoms with E-state index in [1.54, 1.807) is 14.2 Å². The first-order valence-corrected chi connectivity index (χ1v) is 10.9. The largest absolute Gasteiger partial charge is 0.497 e. The number of ether oxygens (including phenoxy) is 2. The van der Waals surface area contributed by atoms with Gasteiger partial charge in [-0.2, -0.15) is 0 Å². The second-order valence-electron chi connectivity index (χ2n) is 8.08. The Morgan fingerprint density at radius 2 is 1.84 bits per heavy atom. The molecule has 0 saturated carbocycles. The minimum Gasteiger partial charge on any atom is -0.497 e. The highest BCUT2D eigenvalue weighted by atomic mass is 16.5. The van der Waals surface area contributed by atoms with Crippen LogP contribution in [0.2, 0.25) is 0 Å². The third-order valence-corrected chi connectivity index (χ3v) is 5.99. The molecule has 0 bridgehead atoms. The van der Waals surface area contributed by atoms with E-state index in [-0.39, 0.29) is 5.78 Å². The van der Waals surface area contributed by atoms with E-state index >= 15 is 0 Å². The van der Waals surface area contributed by atoms with E-state index in [2.05, 4.69) is 34.3 Å². The van der Waals surface area contributed by atoms with Gasteiger partial charge < -0.3 is 14.5 Å². The number of carbonyl (C=O) groups is 1. The van der Waals surface area contributed by atoms with Crippen LogP contribution < -0.4 is 9.47 Å². The van der Waals surface area contributed by atoms with Gasteiger partial charge >= 0.3 is 0 Å². The van der Waals surface area contributed by atoms with Crippen LogP contribution in [0.4, 0.5) is 0 Å². The Labute approximate surface area is 183 Å². The molecule has 0 unspecified atom stereocenters. The number of benzene rings is 2. The number of aromatic nitrogens is 1. The lowest BCUT2D eigenvalue weighted by molar-refractivity contribution is 0.0975. The summed E-state index contributed by atoms with van der Waals surface area (Å²) >= 11 is 0. The first kappa shape index (κ1) is 21.2. The van der Waals surface area contributed by atoms with Gasteiger partial charge in [0.15, 0.2) is 5.78 Å². The molecule has 0 atom stereocenters. The van der Waals surface area contributed by atoms with Crippen molar-refractivity contribution in [3.8, 4) is 11.5 Å². The minimum absolute atomic E-state index is 0.197. The van der Waals surface area contributed by atoms with Crippen molar-refractivity contribution >= 4 is 16.7 Å². The second kappa shape index (κ2) is 9.84. The number of methoxy groups -OCH3 is 2. The molecular formula is C26H30N2O3. The zero-order chi connectivity index (χ0) is 21.6. The van der Waals surface area contributed by atoms with Crippen LogP contribution in [-0.2, 0) is 6.42 Å². The molecular weight excluding hydrogens is 388 g/mol. The highest BCUT2D eigenvalue weighted by Gasteiger charge is 2.15. The van der Waals surface area contributed by atoms with E-state index in [1.807, 2.05) is 30.3 Å². The molecule has 5 nitrogen and oxygen atoms in total.